The third-order valence-corrected chi connectivity index (χ3v) is 11.6. The molecule has 0 radical (unpaired) electrons. The van der Waals surface area contributed by atoms with Gasteiger partial charge in [0.15, 0.2) is 0 Å². The monoisotopic (exact) mass is 715 g/mol. The number of carbonyl (C=O) groups is 2. The third-order valence-electron chi connectivity index (χ3n) is 9.21. The molecular formula is C40H82N4O2S2. The number of nitrogens with one attached hydrogen (secondary N) is 2. The lowest BCUT2D eigenvalue weighted by molar-refractivity contribution is -0.121. The lowest BCUT2D eigenvalue weighted by Crippen LogP contribution is -2.35. The molecule has 8 heteroatoms. The first-order valence-electron chi connectivity index (χ1n) is 20.6. The van der Waals surface area contributed by atoms with Crippen molar-refractivity contribution in [1.29, 1.82) is 0 Å². The van der Waals surface area contributed by atoms with E-state index in [4.69, 9.17) is 0 Å². The summed E-state index contributed by atoms with van der Waals surface area (Å²) in [7, 11) is 8.04. The Bertz CT molecular complexity index is 638. The maximum atomic E-state index is 12.6. The van der Waals surface area contributed by atoms with Crippen LogP contribution >= 0.6 is 21.6 Å². The molecule has 48 heavy (non-hydrogen) atoms. The molecule has 0 aliphatic rings. The van der Waals surface area contributed by atoms with E-state index in [2.05, 4.69) is 48.4 Å². The van der Waals surface area contributed by atoms with Gasteiger partial charge in [-0.2, -0.15) is 0 Å². The highest BCUT2D eigenvalue weighted by atomic mass is 33.1. The van der Waals surface area contributed by atoms with Crippen LogP contribution in [0.5, 0.6) is 0 Å². The fourth-order valence-electron chi connectivity index (χ4n) is 5.92. The summed E-state index contributed by atoms with van der Waals surface area (Å²) in [6, 6.07) is 0. The molecule has 0 aromatic carbocycles. The molecule has 0 aromatic heterocycles. The predicted molar refractivity (Wildman–Crippen MR) is 217 cm³/mol. The van der Waals surface area contributed by atoms with Crippen LogP contribution in [-0.4, -0.2) is 86.5 Å². The molecule has 0 unspecified atom stereocenters. The van der Waals surface area contributed by atoms with Gasteiger partial charge < -0.3 is 20.4 Å². The predicted octanol–water partition coefficient (Wildman–Crippen LogP) is 10.6. The second-order valence-corrected chi connectivity index (χ2v) is 17.0. The zero-order valence-corrected chi connectivity index (χ0v) is 34.2. The van der Waals surface area contributed by atoms with Crippen LogP contribution in [0.2, 0.25) is 0 Å². The lowest BCUT2D eigenvalue weighted by atomic mass is 10.1. The summed E-state index contributed by atoms with van der Waals surface area (Å²) in [5.74, 6) is 2.42. The minimum absolute atomic E-state index is 0.146. The first-order chi connectivity index (χ1) is 23.5. The summed E-state index contributed by atoms with van der Waals surface area (Å²) < 4.78 is 0. The Morgan fingerprint density at radius 1 is 0.438 bits per heavy atom. The minimum atomic E-state index is 0.146. The minimum Gasteiger partial charge on any atom is -0.356 e. The fourth-order valence-corrected chi connectivity index (χ4v) is 8.09. The van der Waals surface area contributed by atoms with E-state index in [0.29, 0.717) is 12.8 Å². The highest BCUT2D eigenvalue weighted by Crippen LogP contribution is 2.21. The van der Waals surface area contributed by atoms with E-state index < -0.39 is 0 Å². The normalized spacial score (nSPS) is 11.5. The zero-order valence-electron chi connectivity index (χ0n) is 32.6. The topological polar surface area (TPSA) is 64.7 Å². The molecule has 0 aliphatic carbocycles. The fraction of sp³-hybridized carbons (Fsp3) is 0.950. The highest BCUT2D eigenvalue weighted by Gasteiger charge is 2.11. The summed E-state index contributed by atoms with van der Waals surface area (Å²) in [6.45, 7) is 9.57. The van der Waals surface area contributed by atoms with E-state index in [0.717, 1.165) is 63.6 Å². The summed E-state index contributed by atoms with van der Waals surface area (Å²) >= 11 is 0. The highest BCUT2D eigenvalue weighted by molar-refractivity contribution is 8.76. The average molecular weight is 715 g/mol. The summed E-state index contributed by atoms with van der Waals surface area (Å²) in [5, 5.41) is 6.28. The van der Waals surface area contributed by atoms with Gasteiger partial charge in [-0.1, -0.05) is 177 Å². The Kier molecular flexibility index (Phi) is 39.0. The Labute approximate surface area is 308 Å². The van der Waals surface area contributed by atoms with Gasteiger partial charge in [0.1, 0.15) is 0 Å². The summed E-state index contributed by atoms with van der Waals surface area (Å²) in [4.78, 5) is 29.7. The molecule has 0 heterocycles. The van der Waals surface area contributed by atoms with Crippen molar-refractivity contribution < 1.29 is 9.59 Å². The quantitative estimate of drug-likeness (QED) is 0.0488. The number of rotatable bonds is 39. The van der Waals surface area contributed by atoms with E-state index in [9.17, 15) is 9.59 Å². The molecule has 0 atom stereocenters. The number of carbonyl (C=O) groups excluding carboxylic acids is 2. The molecule has 0 bridgehead atoms. The van der Waals surface area contributed by atoms with Crippen LogP contribution < -0.4 is 10.6 Å². The van der Waals surface area contributed by atoms with Gasteiger partial charge in [-0.3, -0.25) is 9.59 Å². The molecule has 0 aromatic rings. The summed E-state index contributed by atoms with van der Waals surface area (Å²) in [5.41, 5.74) is 0. The summed E-state index contributed by atoms with van der Waals surface area (Å²) in [6.07, 6.45) is 33.0. The van der Waals surface area contributed by atoms with Gasteiger partial charge in [-0.15, -0.1) is 0 Å². The van der Waals surface area contributed by atoms with Crippen molar-refractivity contribution in [3.63, 3.8) is 0 Å². The van der Waals surface area contributed by atoms with Crippen LogP contribution in [0.3, 0.4) is 0 Å². The van der Waals surface area contributed by atoms with Gasteiger partial charge >= 0.3 is 0 Å². The molecule has 0 rings (SSSR count). The smallest absolute Gasteiger partial charge is 0.221 e. The van der Waals surface area contributed by atoms with Crippen LogP contribution in [0, 0.1) is 0 Å². The zero-order chi connectivity index (χ0) is 35.2. The van der Waals surface area contributed by atoms with Gasteiger partial charge in [-0.05, 0) is 26.9 Å². The molecule has 0 saturated carbocycles. The Morgan fingerprint density at radius 2 is 0.750 bits per heavy atom. The molecule has 6 nitrogen and oxygen atoms in total. The van der Waals surface area contributed by atoms with Gasteiger partial charge in [0, 0.05) is 63.6 Å². The number of unbranched alkanes of at least 4 members (excludes halogenated alkanes) is 22. The maximum absolute atomic E-state index is 12.6. The molecule has 0 aliphatic heterocycles. The van der Waals surface area contributed by atoms with Gasteiger partial charge in [-0.25, -0.2) is 0 Å². The molecule has 0 saturated heterocycles. The Hall–Kier alpha value is -0.440. The van der Waals surface area contributed by atoms with E-state index in [1.807, 2.05) is 21.6 Å². The molecule has 2 N–H and O–H groups in total. The molecule has 2 amide bonds. The lowest BCUT2D eigenvalue weighted by Gasteiger charge is -2.21. The molecule has 0 fully saturated rings. The SMILES string of the molecule is CCCCCCCCCCCCCCNC(=O)CCN(CCSSCCN(C)C)CCC(=O)NCCCCCCCCCCCCCC. The van der Waals surface area contributed by atoms with Crippen molar-refractivity contribution in [3.05, 3.63) is 0 Å². The van der Waals surface area contributed by atoms with E-state index >= 15 is 0 Å². The van der Waals surface area contributed by atoms with Gasteiger partial charge in [0.05, 0.1) is 0 Å². The second kappa shape index (κ2) is 39.3. The van der Waals surface area contributed by atoms with Crippen molar-refractivity contribution in [2.75, 3.05) is 64.9 Å². The molecule has 0 spiro atoms. The second-order valence-electron chi connectivity index (χ2n) is 14.3. The first kappa shape index (κ1) is 47.6. The van der Waals surface area contributed by atoms with Crippen molar-refractivity contribution in [2.24, 2.45) is 0 Å². The van der Waals surface area contributed by atoms with Crippen molar-refractivity contribution in [2.45, 2.75) is 181 Å². The van der Waals surface area contributed by atoms with Crippen LogP contribution in [0.25, 0.3) is 0 Å². The van der Waals surface area contributed by atoms with Crippen molar-refractivity contribution in [1.82, 2.24) is 20.4 Å². The molecule has 286 valence electrons. The van der Waals surface area contributed by atoms with E-state index in [-0.39, 0.29) is 11.8 Å². The Morgan fingerprint density at radius 3 is 1.08 bits per heavy atom. The van der Waals surface area contributed by atoms with Crippen molar-refractivity contribution >= 4 is 33.4 Å². The Balaban J connectivity index is 4.04. The number of hydrogen-bond acceptors (Lipinski definition) is 6. The van der Waals surface area contributed by atoms with Crippen LogP contribution in [0.4, 0.5) is 0 Å². The first-order valence-corrected chi connectivity index (χ1v) is 23.1. The largest absolute Gasteiger partial charge is 0.356 e. The number of amides is 2. The van der Waals surface area contributed by atoms with Crippen LogP contribution in [0.15, 0.2) is 0 Å². The van der Waals surface area contributed by atoms with E-state index in [1.165, 1.54) is 141 Å². The molecular weight excluding hydrogens is 633 g/mol. The standard InChI is InChI=1S/C40H82N4O2S2/c1-5-7-9-11-13-15-17-19-21-23-25-27-31-41-39(45)29-33-44(36-38-48-47-37-35-43(3)4)34-30-40(46)42-32-28-26-24-22-20-18-16-14-12-10-8-6-2/h5-38H2,1-4H3,(H,41,45)(H,42,46). The average Bonchev–Trinajstić information content (AvgIpc) is 3.07. The third kappa shape index (κ3) is 38.4. The number of nitrogens with zero attached hydrogens (tertiary/aromatic N) is 2. The van der Waals surface area contributed by atoms with Crippen LogP contribution in [-0.2, 0) is 9.59 Å². The van der Waals surface area contributed by atoms with Gasteiger partial charge in [0.25, 0.3) is 0 Å². The van der Waals surface area contributed by atoms with E-state index in [1.54, 1.807) is 0 Å². The van der Waals surface area contributed by atoms with Crippen LogP contribution in [0.1, 0.15) is 181 Å². The number of hydrogen-bond donors (Lipinski definition) is 2. The maximum Gasteiger partial charge on any atom is 0.221 e. The van der Waals surface area contributed by atoms with Gasteiger partial charge in [0.2, 0.25) is 11.8 Å². The van der Waals surface area contributed by atoms with Crippen molar-refractivity contribution in [3.8, 4) is 0 Å².